The van der Waals surface area contributed by atoms with Crippen molar-refractivity contribution in [2.45, 2.75) is 206 Å². The normalized spacial score (nSPS) is 38.5. The molecule has 13 unspecified atom stereocenters. The molecule has 3 heterocycles. The number of carbonyl (C=O) groups is 4. The monoisotopic (exact) mass is 876 g/mol. The van der Waals surface area contributed by atoms with E-state index in [1.807, 2.05) is 27.7 Å². The summed E-state index contributed by atoms with van der Waals surface area (Å²) in [4.78, 5) is 58.2. The first-order valence-electron chi connectivity index (χ1n) is 23.2. The zero-order chi connectivity index (χ0) is 45.6. The van der Waals surface area contributed by atoms with Gasteiger partial charge in [0.2, 0.25) is 5.79 Å². The molecule has 61 heavy (non-hydrogen) atoms. The lowest BCUT2D eigenvalue weighted by Crippen LogP contribution is -2.64. The number of cyclic esters (lactones) is 1. The third-order valence-electron chi connectivity index (χ3n) is 14.7. The van der Waals surface area contributed by atoms with Gasteiger partial charge in [-0.25, -0.2) is 4.79 Å². The van der Waals surface area contributed by atoms with E-state index >= 15 is 0 Å². The third kappa shape index (κ3) is 12.5. The SMILES string of the molecule is CCC1/C=C(\C)CC(C)CC(OC)C2OC(O)(C(=O)C(=O)N3CCCCC3C(=O)OC(C(C)=CC3CCC(O)C(O[Si](C)(C)C(C)(C)C)C3)C(C)CCC1=O)C(C)CC2OC. The number of carbonyl (C=O) groups excluding carboxylic acids is 4. The van der Waals surface area contributed by atoms with Gasteiger partial charge in [-0.1, -0.05) is 66.2 Å². The Morgan fingerprint density at radius 1 is 0.967 bits per heavy atom. The van der Waals surface area contributed by atoms with Crippen molar-refractivity contribution in [3.8, 4) is 0 Å². The van der Waals surface area contributed by atoms with Crippen molar-refractivity contribution in [3.05, 3.63) is 23.3 Å². The average molecular weight is 876 g/mol. The number of aliphatic hydroxyl groups is 2. The van der Waals surface area contributed by atoms with Crippen molar-refractivity contribution in [2.24, 2.45) is 29.6 Å². The molecule has 0 aromatic carbocycles. The molecule has 1 saturated carbocycles. The summed E-state index contributed by atoms with van der Waals surface area (Å²) in [6, 6.07) is -1.05. The Morgan fingerprint density at radius 2 is 1.62 bits per heavy atom. The maximum atomic E-state index is 14.5. The molecule has 13 heteroatoms. The highest BCUT2D eigenvalue weighted by Gasteiger charge is 2.56. The number of rotatable bonds is 7. The highest BCUT2D eigenvalue weighted by atomic mass is 28.4. The number of esters is 1. The van der Waals surface area contributed by atoms with Crippen molar-refractivity contribution in [1.29, 1.82) is 0 Å². The van der Waals surface area contributed by atoms with Crippen LogP contribution in [0.15, 0.2) is 23.3 Å². The Kier molecular flexibility index (Phi) is 18.2. The van der Waals surface area contributed by atoms with Crippen LogP contribution in [-0.2, 0) is 42.6 Å². The molecule has 4 rings (SSSR count). The Balaban J connectivity index is 1.73. The van der Waals surface area contributed by atoms with Gasteiger partial charge in [0.05, 0.1) is 24.4 Å². The maximum absolute atomic E-state index is 14.5. The molecule has 0 radical (unpaired) electrons. The van der Waals surface area contributed by atoms with E-state index in [1.54, 1.807) is 21.1 Å². The number of hydrogen-bond donors (Lipinski definition) is 2. The molecule has 2 bridgehead atoms. The van der Waals surface area contributed by atoms with Gasteiger partial charge in [-0.05, 0) is 126 Å². The lowest BCUT2D eigenvalue weighted by Gasteiger charge is -2.47. The molecule has 0 aromatic rings. The predicted octanol–water partition coefficient (Wildman–Crippen LogP) is 7.88. The predicted molar refractivity (Wildman–Crippen MR) is 238 cm³/mol. The minimum absolute atomic E-state index is 0.0168. The van der Waals surface area contributed by atoms with Gasteiger partial charge < -0.3 is 38.5 Å². The Bertz CT molecular complexity index is 1590. The summed E-state index contributed by atoms with van der Waals surface area (Å²) in [6.07, 6.45) is 7.08. The summed E-state index contributed by atoms with van der Waals surface area (Å²) < 4.78 is 31.3. The fourth-order valence-corrected chi connectivity index (χ4v) is 11.2. The van der Waals surface area contributed by atoms with Gasteiger partial charge >= 0.3 is 5.97 Å². The van der Waals surface area contributed by atoms with Crippen molar-refractivity contribution in [2.75, 3.05) is 20.8 Å². The molecular formula is C48H81NO11Si. The first-order valence-corrected chi connectivity index (χ1v) is 26.1. The molecule has 3 aliphatic heterocycles. The standard InChI is InChI=1S/C48H81NO11Si/c1-14-35-24-29(2)23-30(3)25-40(56-10)43-41(57-11)27-33(6)48(55,59-43)44(52)45(53)49-22-16-15-17-36(49)46(54)58-42(31(4)18-20-37(35)50)32(5)26-34-19-21-38(51)39(28-34)60-61(12,13)47(7,8)9/h24,26,30-31,33-36,38-43,51,55H,14-23,25,27-28H2,1-13H3/b29-24+,32-26?. The van der Waals surface area contributed by atoms with Crippen LogP contribution in [0, 0.1) is 29.6 Å². The van der Waals surface area contributed by atoms with Gasteiger partial charge in [-0.15, -0.1) is 0 Å². The number of ether oxygens (including phenoxy) is 4. The molecule has 13 atom stereocenters. The largest absolute Gasteiger partial charge is 0.456 e. The molecule has 1 amide bonds. The molecule has 2 N–H and O–H groups in total. The molecule has 348 valence electrons. The van der Waals surface area contributed by atoms with E-state index in [1.165, 1.54) is 4.90 Å². The maximum Gasteiger partial charge on any atom is 0.329 e. The summed E-state index contributed by atoms with van der Waals surface area (Å²) in [5.74, 6) is -6.22. The highest BCUT2D eigenvalue weighted by molar-refractivity contribution is 6.74. The van der Waals surface area contributed by atoms with Crippen LogP contribution in [-0.4, -0.2) is 116 Å². The van der Waals surface area contributed by atoms with Gasteiger partial charge in [-0.3, -0.25) is 14.4 Å². The van der Waals surface area contributed by atoms with E-state index < -0.39 is 74.2 Å². The molecule has 0 aromatic heterocycles. The first-order chi connectivity index (χ1) is 28.5. The number of piperidine rings is 1. The second-order valence-corrected chi connectivity index (χ2v) is 25.4. The Morgan fingerprint density at radius 3 is 2.25 bits per heavy atom. The molecule has 12 nitrogen and oxygen atoms in total. The summed E-state index contributed by atoms with van der Waals surface area (Å²) in [5.41, 5.74) is 1.92. The van der Waals surface area contributed by atoms with Crippen LogP contribution in [0.4, 0.5) is 0 Å². The lowest BCUT2D eigenvalue weighted by molar-refractivity contribution is -0.302. The van der Waals surface area contributed by atoms with Gasteiger partial charge in [-0.2, -0.15) is 0 Å². The van der Waals surface area contributed by atoms with E-state index in [2.05, 4.69) is 52.9 Å². The van der Waals surface area contributed by atoms with Crippen molar-refractivity contribution in [3.63, 3.8) is 0 Å². The van der Waals surface area contributed by atoms with Crippen LogP contribution < -0.4 is 0 Å². The van der Waals surface area contributed by atoms with Crippen molar-refractivity contribution in [1.82, 2.24) is 4.90 Å². The van der Waals surface area contributed by atoms with Crippen LogP contribution >= 0.6 is 0 Å². The van der Waals surface area contributed by atoms with Crippen LogP contribution in [0.5, 0.6) is 0 Å². The number of nitrogens with zero attached hydrogens (tertiary/aromatic N) is 1. The molecule has 3 fully saturated rings. The zero-order valence-electron chi connectivity index (χ0n) is 39.8. The number of methoxy groups -OCH3 is 2. The van der Waals surface area contributed by atoms with E-state index in [0.29, 0.717) is 64.2 Å². The number of fused-ring (bicyclic) bond motifs is 3. The molecule has 4 aliphatic rings. The number of ketones is 2. The van der Waals surface area contributed by atoms with Gasteiger partial charge in [0.1, 0.15) is 24.0 Å². The van der Waals surface area contributed by atoms with Crippen LogP contribution in [0.1, 0.15) is 139 Å². The van der Waals surface area contributed by atoms with E-state index in [4.69, 9.17) is 23.4 Å². The zero-order valence-corrected chi connectivity index (χ0v) is 40.8. The fourth-order valence-electron chi connectivity index (χ4n) is 9.82. The number of allylic oxidation sites excluding steroid dienone is 3. The third-order valence-corrected chi connectivity index (χ3v) is 19.2. The van der Waals surface area contributed by atoms with E-state index in [0.717, 1.165) is 17.6 Å². The lowest BCUT2D eigenvalue weighted by atomic mass is 9.82. The molecule has 2 saturated heterocycles. The van der Waals surface area contributed by atoms with Gasteiger partial charge in [0.15, 0.2) is 8.32 Å². The number of amides is 1. The quantitative estimate of drug-likeness (QED) is 0.111. The molecule has 0 spiro atoms. The average Bonchev–Trinajstić information content (AvgIpc) is 3.20. The van der Waals surface area contributed by atoms with E-state index in [9.17, 15) is 29.4 Å². The van der Waals surface area contributed by atoms with Crippen molar-refractivity contribution < 1.29 is 52.8 Å². The van der Waals surface area contributed by atoms with Crippen LogP contribution in [0.25, 0.3) is 0 Å². The number of Topliss-reactive ketones (excluding diaryl/α,β-unsaturated/α-hetero) is 2. The second kappa shape index (κ2) is 21.6. The summed E-state index contributed by atoms with van der Waals surface area (Å²) in [6.45, 7) is 22.9. The van der Waals surface area contributed by atoms with Gasteiger partial charge in [0.25, 0.3) is 11.7 Å². The van der Waals surface area contributed by atoms with Gasteiger partial charge in [0, 0.05) is 39.0 Å². The summed E-state index contributed by atoms with van der Waals surface area (Å²) >= 11 is 0. The fraction of sp³-hybridized carbons (Fsp3) is 0.833. The first kappa shape index (κ1) is 51.4. The Hall–Kier alpha value is -2.26. The number of hydrogen-bond acceptors (Lipinski definition) is 11. The number of aliphatic hydroxyl groups excluding tert-OH is 1. The minimum atomic E-state index is -2.47. The highest BCUT2D eigenvalue weighted by Crippen LogP contribution is 2.42. The smallest absolute Gasteiger partial charge is 0.329 e. The second-order valence-electron chi connectivity index (χ2n) is 20.7. The summed E-state index contributed by atoms with van der Waals surface area (Å²) in [5, 5.41) is 23.1. The molecular weight excluding hydrogens is 795 g/mol. The molecule has 1 aliphatic carbocycles. The summed E-state index contributed by atoms with van der Waals surface area (Å²) in [7, 11) is 0.945. The van der Waals surface area contributed by atoms with Crippen LogP contribution in [0.2, 0.25) is 18.1 Å². The minimum Gasteiger partial charge on any atom is -0.456 e. The van der Waals surface area contributed by atoms with Crippen LogP contribution in [0.3, 0.4) is 0 Å². The van der Waals surface area contributed by atoms with E-state index in [-0.39, 0.29) is 53.6 Å². The topological polar surface area (TPSA) is 158 Å². The Labute approximate surface area is 368 Å². The van der Waals surface area contributed by atoms with Crippen molar-refractivity contribution >= 4 is 31.8 Å².